The number of imide groups is 1. The minimum atomic E-state index is -0.356. The van der Waals surface area contributed by atoms with Gasteiger partial charge in [0.15, 0.2) is 0 Å². The third-order valence-corrected chi connectivity index (χ3v) is 4.22. The van der Waals surface area contributed by atoms with Crippen LogP contribution in [0.15, 0.2) is 47.4 Å². The van der Waals surface area contributed by atoms with Crippen LogP contribution in [0.5, 0.6) is 0 Å². The van der Waals surface area contributed by atoms with Crippen LogP contribution in [0.25, 0.3) is 16.3 Å². The van der Waals surface area contributed by atoms with Crippen LogP contribution in [0.1, 0.15) is 5.56 Å². The number of fused-ring (bicyclic) bond motifs is 1. The summed E-state index contributed by atoms with van der Waals surface area (Å²) in [7, 11) is 1.57. The van der Waals surface area contributed by atoms with Crippen molar-refractivity contribution in [2.24, 2.45) is 0 Å². The van der Waals surface area contributed by atoms with Gasteiger partial charge in [-0.25, -0.2) is 0 Å². The van der Waals surface area contributed by atoms with E-state index in [-0.39, 0.29) is 17.8 Å². The summed E-state index contributed by atoms with van der Waals surface area (Å²) in [5.74, 6) is -0.356. The lowest BCUT2D eigenvalue weighted by Gasteiger charge is -2.12. The lowest BCUT2D eigenvalue weighted by molar-refractivity contribution is -0.115. The predicted molar refractivity (Wildman–Crippen MR) is 83.9 cm³/mol. The molecule has 1 aliphatic rings. The van der Waals surface area contributed by atoms with E-state index in [1.165, 1.54) is 0 Å². The summed E-state index contributed by atoms with van der Waals surface area (Å²) in [5.41, 5.74) is 1.66. The Morgan fingerprint density at radius 1 is 1.14 bits per heavy atom. The summed E-state index contributed by atoms with van der Waals surface area (Å²) >= 11 is 0.925. The summed E-state index contributed by atoms with van der Waals surface area (Å²) in [6, 6.07) is 13.8. The van der Waals surface area contributed by atoms with Gasteiger partial charge in [-0.05, 0) is 28.1 Å². The number of methoxy groups -OCH3 is 1. The summed E-state index contributed by atoms with van der Waals surface area (Å²) in [6.45, 7) is 0.275. The number of amides is 2. The number of hydrogen-bond donors (Lipinski definition) is 1. The maximum absolute atomic E-state index is 11.9. The molecule has 0 atom stereocenters. The van der Waals surface area contributed by atoms with Crippen LogP contribution in [0, 0.1) is 0 Å². The minimum Gasteiger partial charge on any atom is -0.380 e. The zero-order valence-electron chi connectivity index (χ0n) is 11.4. The normalized spacial score (nSPS) is 17.2. The molecule has 5 heteroatoms. The Bertz CT molecular complexity index is 762. The standard InChI is InChI=1S/C16H13NO3S/c1-20-9-13(14-15(18)17-16(19)21-14)12-8-4-6-10-5-2-3-7-11(10)12/h2-8H,9H2,1H3,(H,17,18,19)/b14-13-. The van der Waals surface area contributed by atoms with Gasteiger partial charge in [-0.1, -0.05) is 42.5 Å². The van der Waals surface area contributed by atoms with Crippen molar-refractivity contribution in [3.63, 3.8) is 0 Å². The molecule has 1 heterocycles. The number of thioether (sulfide) groups is 1. The largest absolute Gasteiger partial charge is 0.380 e. The van der Waals surface area contributed by atoms with Crippen LogP contribution >= 0.6 is 11.8 Å². The lowest BCUT2D eigenvalue weighted by Crippen LogP contribution is -2.18. The predicted octanol–water partition coefficient (Wildman–Crippen LogP) is 3.18. The molecule has 0 aliphatic carbocycles. The third-order valence-electron chi connectivity index (χ3n) is 3.29. The molecule has 0 bridgehead atoms. The monoisotopic (exact) mass is 299 g/mol. The highest BCUT2D eigenvalue weighted by atomic mass is 32.2. The van der Waals surface area contributed by atoms with Crippen molar-refractivity contribution in [1.29, 1.82) is 0 Å². The SMILES string of the molecule is COC/C(=C1/SC(=O)NC1=O)c1cccc2ccccc12. The summed E-state index contributed by atoms with van der Waals surface area (Å²) in [4.78, 5) is 23.8. The van der Waals surface area contributed by atoms with Crippen LogP contribution in [-0.2, 0) is 9.53 Å². The van der Waals surface area contributed by atoms with Gasteiger partial charge in [-0.3, -0.25) is 14.9 Å². The van der Waals surface area contributed by atoms with Gasteiger partial charge in [-0.2, -0.15) is 0 Å². The molecule has 1 saturated heterocycles. The van der Waals surface area contributed by atoms with Crippen molar-refractivity contribution in [1.82, 2.24) is 5.32 Å². The van der Waals surface area contributed by atoms with Gasteiger partial charge < -0.3 is 4.74 Å². The summed E-state index contributed by atoms with van der Waals surface area (Å²) in [6.07, 6.45) is 0. The fourth-order valence-electron chi connectivity index (χ4n) is 2.41. The Morgan fingerprint density at radius 3 is 2.62 bits per heavy atom. The highest BCUT2D eigenvalue weighted by Gasteiger charge is 2.29. The molecule has 1 N–H and O–H groups in total. The second-order valence-corrected chi connectivity index (χ2v) is 5.59. The van der Waals surface area contributed by atoms with E-state index >= 15 is 0 Å². The molecule has 106 valence electrons. The molecule has 3 rings (SSSR count). The van der Waals surface area contributed by atoms with Gasteiger partial charge in [0, 0.05) is 12.7 Å². The van der Waals surface area contributed by atoms with Crippen molar-refractivity contribution < 1.29 is 14.3 Å². The number of rotatable bonds is 3. The van der Waals surface area contributed by atoms with Gasteiger partial charge in [0.2, 0.25) is 0 Å². The average Bonchev–Trinajstić information content (AvgIpc) is 2.83. The zero-order chi connectivity index (χ0) is 14.8. The van der Waals surface area contributed by atoms with Gasteiger partial charge in [-0.15, -0.1) is 0 Å². The van der Waals surface area contributed by atoms with Gasteiger partial charge in [0.1, 0.15) is 0 Å². The summed E-state index contributed by atoms with van der Waals surface area (Å²) in [5, 5.41) is 4.07. The molecule has 0 radical (unpaired) electrons. The van der Waals surface area contributed by atoms with Crippen LogP contribution in [0.3, 0.4) is 0 Å². The molecular formula is C16H13NO3S. The molecule has 4 nitrogen and oxygen atoms in total. The number of hydrogen-bond acceptors (Lipinski definition) is 4. The second kappa shape index (κ2) is 5.71. The fraction of sp³-hybridized carbons (Fsp3) is 0.125. The quantitative estimate of drug-likeness (QED) is 0.884. The molecule has 2 aromatic carbocycles. The Labute approximate surface area is 126 Å². The molecule has 1 fully saturated rings. The Kier molecular flexibility index (Phi) is 3.77. The van der Waals surface area contributed by atoms with Gasteiger partial charge in [0.05, 0.1) is 11.5 Å². The lowest BCUT2D eigenvalue weighted by atomic mass is 9.98. The number of benzene rings is 2. The van der Waals surface area contributed by atoms with Crippen LogP contribution in [0.2, 0.25) is 0 Å². The third kappa shape index (κ3) is 2.57. The highest BCUT2D eigenvalue weighted by molar-refractivity contribution is 8.18. The molecule has 0 unspecified atom stereocenters. The van der Waals surface area contributed by atoms with E-state index in [1.54, 1.807) is 7.11 Å². The fourth-order valence-corrected chi connectivity index (χ4v) is 3.18. The van der Waals surface area contributed by atoms with E-state index in [1.807, 2.05) is 42.5 Å². The molecule has 0 aromatic heterocycles. The van der Waals surface area contributed by atoms with E-state index in [0.717, 1.165) is 33.7 Å². The van der Waals surface area contributed by atoms with Gasteiger partial charge in [0.25, 0.3) is 11.1 Å². The van der Waals surface area contributed by atoms with Crippen molar-refractivity contribution in [2.75, 3.05) is 13.7 Å². The van der Waals surface area contributed by atoms with Crippen LogP contribution in [0.4, 0.5) is 4.79 Å². The number of carbonyl (C=O) groups is 2. The Balaban J connectivity index is 2.24. The molecule has 21 heavy (non-hydrogen) atoms. The Morgan fingerprint density at radius 2 is 1.90 bits per heavy atom. The van der Waals surface area contributed by atoms with E-state index in [4.69, 9.17) is 4.74 Å². The number of nitrogens with one attached hydrogen (secondary N) is 1. The maximum atomic E-state index is 11.9. The second-order valence-electron chi connectivity index (χ2n) is 4.61. The molecule has 2 amide bonds. The number of ether oxygens (including phenoxy) is 1. The van der Waals surface area contributed by atoms with Crippen LogP contribution in [-0.4, -0.2) is 24.9 Å². The first-order valence-electron chi connectivity index (χ1n) is 6.44. The van der Waals surface area contributed by atoms with E-state index in [0.29, 0.717) is 4.91 Å². The van der Waals surface area contributed by atoms with Crippen LogP contribution < -0.4 is 5.32 Å². The zero-order valence-corrected chi connectivity index (χ0v) is 12.2. The van der Waals surface area contributed by atoms with Crippen molar-refractivity contribution in [3.05, 3.63) is 52.9 Å². The smallest absolute Gasteiger partial charge is 0.290 e. The topological polar surface area (TPSA) is 55.4 Å². The summed E-state index contributed by atoms with van der Waals surface area (Å²) < 4.78 is 5.24. The van der Waals surface area contributed by atoms with E-state index in [9.17, 15) is 9.59 Å². The van der Waals surface area contributed by atoms with Crippen molar-refractivity contribution >= 4 is 39.3 Å². The Hall–Kier alpha value is -2.11. The minimum absolute atomic E-state index is 0.275. The molecule has 1 aliphatic heterocycles. The van der Waals surface area contributed by atoms with Gasteiger partial charge >= 0.3 is 0 Å². The molecule has 0 spiro atoms. The van der Waals surface area contributed by atoms with Crippen molar-refractivity contribution in [3.8, 4) is 0 Å². The molecule has 2 aromatic rings. The molecular weight excluding hydrogens is 286 g/mol. The first-order chi connectivity index (χ1) is 10.2. The maximum Gasteiger partial charge on any atom is 0.290 e. The van der Waals surface area contributed by atoms with Crippen molar-refractivity contribution in [2.45, 2.75) is 0 Å². The van der Waals surface area contributed by atoms with E-state index < -0.39 is 0 Å². The highest BCUT2D eigenvalue weighted by Crippen LogP contribution is 2.34. The average molecular weight is 299 g/mol. The van der Waals surface area contributed by atoms with E-state index in [2.05, 4.69) is 5.32 Å². The molecule has 0 saturated carbocycles. The first-order valence-corrected chi connectivity index (χ1v) is 7.25. The first kappa shape index (κ1) is 13.9. The number of carbonyl (C=O) groups excluding carboxylic acids is 2.